The zero-order valence-electron chi connectivity index (χ0n) is 17.3. The van der Waals surface area contributed by atoms with Gasteiger partial charge in [0.25, 0.3) is 5.91 Å². The number of carbonyl (C=O) groups is 1. The minimum atomic E-state index is -3.48. The van der Waals surface area contributed by atoms with Gasteiger partial charge in [-0.25, -0.2) is 8.42 Å². The SMILES string of the molecule is C=CCOCC1CCN(C(=O)c2ccc(S(=O)(=O)N3CCC(C)CC3)cc2)CC1. The largest absolute Gasteiger partial charge is 0.377 e. The average molecular weight is 421 g/mol. The highest BCUT2D eigenvalue weighted by atomic mass is 32.2. The Balaban J connectivity index is 1.57. The zero-order valence-corrected chi connectivity index (χ0v) is 18.1. The van der Waals surface area contributed by atoms with Crippen LogP contribution in [0.1, 0.15) is 43.0 Å². The van der Waals surface area contributed by atoms with Crippen LogP contribution < -0.4 is 0 Å². The summed E-state index contributed by atoms with van der Waals surface area (Å²) in [5, 5.41) is 0. The van der Waals surface area contributed by atoms with E-state index < -0.39 is 10.0 Å². The Morgan fingerprint density at radius 2 is 1.72 bits per heavy atom. The zero-order chi connectivity index (χ0) is 20.9. The normalized spacial score (nSPS) is 20.0. The van der Waals surface area contributed by atoms with Crippen LogP contribution in [0.4, 0.5) is 0 Å². The lowest BCUT2D eigenvalue weighted by Gasteiger charge is -2.32. The van der Waals surface area contributed by atoms with Gasteiger partial charge in [-0.1, -0.05) is 13.0 Å². The van der Waals surface area contributed by atoms with Gasteiger partial charge >= 0.3 is 0 Å². The van der Waals surface area contributed by atoms with Gasteiger partial charge in [0, 0.05) is 38.3 Å². The van der Waals surface area contributed by atoms with E-state index in [-0.39, 0.29) is 10.8 Å². The molecule has 0 bridgehead atoms. The molecule has 0 N–H and O–H groups in total. The first-order chi connectivity index (χ1) is 13.9. The molecule has 0 aromatic heterocycles. The number of carbonyl (C=O) groups excluding carboxylic acids is 1. The fraction of sp³-hybridized carbons (Fsp3) is 0.591. The third kappa shape index (κ3) is 5.47. The van der Waals surface area contributed by atoms with Crippen LogP contribution in [0.5, 0.6) is 0 Å². The Hall–Kier alpha value is -1.70. The smallest absolute Gasteiger partial charge is 0.253 e. The Morgan fingerprint density at radius 1 is 1.10 bits per heavy atom. The molecule has 0 atom stereocenters. The van der Waals surface area contributed by atoms with Crippen LogP contribution in [0.3, 0.4) is 0 Å². The van der Waals surface area contributed by atoms with Crippen LogP contribution in [0.2, 0.25) is 0 Å². The summed E-state index contributed by atoms with van der Waals surface area (Å²) in [6.45, 7) is 9.60. The molecule has 7 heteroatoms. The van der Waals surface area contributed by atoms with Crippen molar-refractivity contribution in [3.8, 4) is 0 Å². The van der Waals surface area contributed by atoms with Crippen molar-refractivity contribution in [3.05, 3.63) is 42.5 Å². The number of piperidine rings is 2. The fourth-order valence-electron chi connectivity index (χ4n) is 3.95. The second-order valence-electron chi connectivity index (χ2n) is 8.17. The van der Waals surface area contributed by atoms with Crippen molar-refractivity contribution in [2.75, 3.05) is 39.4 Å². The summed E-state index contributed by atoms with van der Waals surface area (Å²) < 4.78 is 32.7. The molecule has 3 rings (SSSR count). The van der Waals surface area contributed by atoms with Crippen molar-refractivity contribution in [1.29, 1.82) is 0 Å². The molecule has 2 heterocycles. The second-order valence-corrected chi connectivity index (χ2v) is 10.1. The van der Waals surface area contributed by atoms with Crippen LogP contribution in [-0.4, -0.2) is 62.9 Å². The molecule has 0 saturated carbocycles. The molecular weight excluding hydrogens is 388 g/mol. The van der Waals surface area contributed by atoms with Crippen LogP contribution in [-0.2, 0) is 14.8 Å². The first-order valence-corrected chi connectivity index (χ1v) is 11.9. The van der Waals surface area contributed by atoms with E-state index in [0.29, 0.717) is 56.8 Å². The van der Waals surface area contributed by atoms with Gasteiger partial charge in [-0.2, -0.15) is 4.31 Å². The van der Waals surface area contributed by atoms with E-state index in [1.165, 1.54) is 0 Å². The first kappa shape index (κ1) is 22.0. The number of nitrogens with zero attached hydrogens (tertiary/aromatic N) is 2. The van der Waals surface area contributed by atoms with Gasteiger partial charge in [0.1, 0.15) is 0 Å². The van der Waals surface area contributed by atoms with Crippen molar-refractivity contribution < 1.29 is 17.9 Å². The summed E-state index contributed by atoms with van der Waals surface area (Å²) in [5.74, 6) is 1.00. The van der Waals surface area contributed by atoms with Crippen molar-refractivity contribution in [3.63, 3.8) is 0 Å². The summed E-state index contributed by atoms with van der Waals surface area (Å²) in [6, 6.07) is 6.41. The number of rotatable bonds is 7. The first-order valence-electron chi connectivity index (χ1n) is 10.5. The topological polar surface area (TPSA) is 66.9 Å². The highest BCUT2D eigenvalue weighted by Gasteiger charge is 2.29. The summed E-state index contributed by atoms with van der Waals surface area (Å²) in [7, 11) is -3.48. The molecule has 160 valence electrons. The van der Waals surface area contributed by atoms with E-state index >= 15 is 0 Å². The van der Waals surface area contributed by atoms with Gasteiger partial charge in [0.2, 0.25) is 10.0 Å². The molecule has 0 radical (unpaired) electrons. The minimum absolute atomic E-state index is 0.0359. The lowest BCUT2D eigenvalue weighted by molar-refractivity contribution is 0.0575. The third-order valence-corrected chi connectivity index (χ3v) is 7.89. The highest BCUT2D eigenvalue weighted by molar-refractivity contribution is 7.89. The third-order valence-electron chi connectivity index (χ3n) is 5.97. The van der Waals surface area contributed by atoms with Crippen LogP contribution in [0, 0.1) is 11.8 Å². The van der Waals surface area contributed by atoms with E-state index in [2.05, 4.69) is 13.5 Å². The summed E-state index contributed by atoms with van der Waals surface area (Å²) >= 11 is 0. The maximum Gasteiger partial charge on any atom is 0.253 e. The van der Waals surface area contributed by atoms with Crippen molar-refractivity contribution in [2.45, 2.75) is 37.5 Å². The molecule has 29 heavy (non-hydrogen) atoms. The van der Waals surface area contributed by atoms with E-state index in [9.17, 15) is 13.2 Å². The van der Waals surface area contributed by atoms with E-state index in [4.69, 9.17) is 4.74 Å². The Morgan fingerprint density at radius 3 is 2.31 bits per heavy atom. The minimum Gasteiger partial charge on any atom is -0.377 e. The van der Waals surface area contributed by atoms with Crippen molar-refractivity contribution in [2.24, 2.45) is 11.8 Å². The predicted molar refractivity (Wildman–Crippen MR) is 113 cm³/mol. The predicted octanol–water partition coefficient (Wildman–Crippen LogP) is 3.16. The molecule has 6 nitrogen and oxygen atoms in total. The molecule has 2 fully saturated rings. The molecule has 1 aromatic rings. The maximum absolute atomic E-state index is 12.8. The molecule has 1 aromatic carbocycles. The van der Waals surface area contributed by atoms with Crippen molar-refractivity contribution in [1.82, 2.24) is 9.21 Å². The summed E-state index contributed by atoms with van der Waals surface area (Å²) in [6.07, 6.45) is 5.37. The van der Waals surface area contributed by atoms with E-state index in [0.717, 1.165) is 25.7 Å². The summed E-state index contributed by atoms with van der Waals surface area (Å²) in [4.78, 5) is 14.9. The fourth-order valence-corrected chi connectivity index (χ4v) is 5.42. The number of benzene rings is 1. The van der Waals surface area contributed by atoms with Gasteiger partial charge in [0.15, 0.2) is 0 Å². The lowest BCUT2D eigenvalue weighted by Crippen LogP contribution is -2.39. The van der Waals surface area contributed by atoms with E-state index in [1.807, 2.05) is 4.90 Å². The molecule has 0 aliphatic carbocycles. The van der Waals surface area contributed by atoms with Crippen molar-refractivity contribution >= 4 is 15.9 Å². The quantitative estimate of drug-likeness (QED) is 0.502. The van der Waals surface area contributed by atoms with E-state index in [1.54, 1.807) is 34.6 Å². The van der Waals surface area contributed by atoms with Gasteiger partial charge in [0.05, 0.1) is 11.5 Å². The number of sulfonamides is 1. The number of ether oxygens (including phenoxy) is 1. The van der Waals surface area contributed by atoms with Crippen LogP contribution in [0.15, 0.2) is 41.8 Å². The summed E-state index contributed by atoms with van der Waals surface area (Å²) in [5.41, 5.74) is 0.539. The Kier molecular flexibility index (Phi) is 7.49. The Labute approximate surface area is 174 Å². The average Bonchev–Trinajstić information content (AvgIpc) is 2.74. The van der Waals surface area contributed by atoms with Crippen LogP contribution >= 0.6 is 0 Å². The van der Waals surface area contributed by atoms with Gasteiger partial charge in [-0.05, 0) is 61.8 Å². The maximum atomic E-state index is 12.8. The monoisotopic (exact) mass is 420 g/mol. The standard InChI is InChI=1S/C22H32N2O4S/c1-3-16-28-17-19-10-12-23(13-11-19)22(25)20-4-6-21(7-5-20)29(26,27)24-14-8-18(2)9-15-24/h3-7,18-19H,1,8-17H2,2H3. The molecule has 0 unspecified atom stereocenters. The molecule has 2 aliphatic heterocycles. The molecule has 2 saturated heterocycles. The Bertz CT molecular complexity index is 791. The number of hydrogen-bond donors (Lipinski definition) is 0. The molecule has 2 aliphatic rings. The lowest BCUT2D eigenvalue weighted by atomic mass is 9.97. The van der Waals surface area contributed by atoms with Crippen LogP contribution in [0.25, 0.3) is 0 Å². The number of hydrogen-bond acceptors (Lipinski definition) is 4. The molecule has 0 spiro atoms. The van der Waals surface area contributed by atoms with Gasteiger partial charge < -0.3 is 9.64 Å². The second kappa shape index (κ2) is 9.87. The van der Waals surface area contributed by atoms with Gasteiger partial charge in [-0.15, -0.1) is 6.58 Å². The number of likely N-dealkylation sites (tertiary alicyclic amines) is 1. The highest BCUT2D eigenvalue weighted by Crippen LogP contribution is 2.24. The number of amides is 1. The molecular formula is C22H32N2O4S. The molecule has 1 amide bonds. The van der Waals surface area contributed by atoms with Gasteiger partial charge in [-0.3, -0.25) is 4.79 Å².